The summed E-state index contributed by atoms with van der Waals surface area (Å²) in [5, 5.41) is 0. The quantitative estimate of drug-likeness (QED) is 0.800. The number of esters is 1. The van der Waals surface area contributed by atoms with E-state index in [-0.39, 0.29) is 30.3 Å². The Balaban J connectivity index is 2.40. The summed E-state index contributed by atoms with van der Waals surface area (Å²) < 4.78 is 49.3. The van der Waals surface area contributed by atoms with Crippen LogP contribution < -0.4 is 0 Å². The Morgan fingerprint density at radius 2 is 2.20 bits per heavy atom. The number of hydrogen-bond donors (Lipinski definition) is 0. The fraction of sp³-hybridized carbons (Fsp3) is 0.500. The molecule has 110 valence electrons. The first-order valence-electron chi connectivity index (χ1n) is 6.39. The molecule has 0 saturated carbocycles. The van der Waals surface area contributed by atoms with Crippen molar-refractivity contribution in [3.8, 4) is 0 Å². The zero-order valence-corrected chi connectivity index (χ0v) is 11.0. The Hall–Kier alpha value is -1.56. The maximum atomic E-state index is 13.1. The van der Waals surface area contributed by atoms with Gasteiger partial charge in [0, 0.05) is 12.5 Å². The van der Waals surface area contributed by atoms with E-state index in [1.165, 1.54) is 12.1 Å². The van der Waals surface area contributed by atoms with E-state index in [9.17, 15) is 18.0 Å². The molecular weight excluding hydrogens is 273 g/mol. The van der Waals surface area contributed by atoms with Crippen molar-refractivity contribution < 1.29 is 27.4 Å². The average molecular weight is 288 g/mol. The molecule has 1 atom stereocenters. The van der Waals surface area contributed by atoms with Gasteiger partial charge in [-0.3, -0.25) is 0 Å². The first kappa shape index (κ1) is 14.8. The minimum Gasteiger partial charge on any atom is -0.462 e. The van der Waals surface area contributed by atoms with Crippen LogP contribution in [0.3, 0.4) is 0 Å². The largest absolute Gasteiger partial charge is 0.462 e. The summed E-state index contributed by atoms with van der Waals surface area (Å²) in [6.07, 6.45) is -3.94. The van der Waals surface area contributed by atoms with E-state index < -0.39 is 17.7 Å². The number of carbonyl (C=O) groups excluding carboxylic acids is 1. The van der Waals surface area contributed by atoms with Crippen LogP contribution >= 0.6 is 0 Å². The van der Waals surface area contributed by atoms with Crippen molar-refractivity contribution in [3.63, 3.8) is 0 Å². The molecule has 1 heterocycles. The summed E-state index contributed by atoms with van der Waals surface area (Å²) in [5.74, 6) is -1.02. The van der Waals surface area contributed by atoms with E-state index in [1.807, 2.05) is 0 Å². The SMILES string of the molecule is CCOC(=O)c1ccc(C2CCOC2)c(C(F)(F)F)c1. The Kier molecular flexibility index (Phi) is 4.32. The minimum atomic E-state index is -4.50. The van der Waals surface area contributed by atoms with Gasteiger partial charge in [0.2, 0.25) is 0 Å². The van der Waals surface area contributed by atoms with E-state index in [2.05, 4.69) is 0 Å². The van der Waals surface area contributed by atoms with E-state index in [0.29, 0.717) is 13.0 Å². The van der Waals surface area contributed by atoms with Crippen LogP contribution in [0.25, 0.3) is 0 Å². The van der Waals surface area contributed by atoms with Gasteiger partial charge in [0.05, 0.1) is 24.3 Å². The summed E-state index contributed by atoms with van der Waals surface area (Å²) in [6.45, 7) is 2.47. The van der Waals surface area contributed by atoms with Crippen LogP contribution in [0, 0.1) is 0 Å². The van der Waals surface area contributed by atoms with Crippen molar-refractivity contribution in [1.82, 2.24) is 0 Å². The normalized spacial score (nSPS) is 19.1. The summed E-state index contributed by atoms with van der Waals surface area (Å²) in [4.78, 5) is 11.5. The first-order valence-corrected chi connectivity index (χ1v) is 6.39. The highest BCUT2D eigenvalue weighted by Gasteiger charge is 2.36. The second-order valence-corrected chi connectivity index (χ2v) is 4.58. The third-order valence-electron chi connectivity index (χ3n) is 3.24. The number of halogens is 3. The van der Waals surface area contributed by atoms with Gasteiger partial charge >= 0.3 is 12.1 Å². The van der Waals surface area contributed by atoms with E-state index in [1.54, 1.807) is 6.92 Å². The fourth-order valence-electron chi connectivity index (χ4n) is 2.28. The second kappa shape index (κ2) is 5.83. The maximum Gasteiger partial charge on any atom is 0.416 e. The molecule has 1 aromatic carbocycles. The number of hydrogen-bond acceptors (Lipinski definition) is 3. The Morgan fingerprint density at radius 1 is 1.45 bits per heavy atom. The topological polar surface area (TPSA) is 35.5 Å². The van der Waals surface area contributed by atoms with Gasteiger partial charge in [-0.25, -0.2) is 4.79 Å². The number of rotatable bonds is 3. The molecule has 3 nitrogen and oxygen atoms in total. The molecule has 0 radical (unpaired) electrons. The van der Waals surface area contributed by atoms with Gasteiger partial charge in [0.1, 0.15) is 0 Å². The smallest absolute Gasteiger partial charge is 0.416 e. The van der Waals surface area contributed by atoms with Gasteiger partial charge in [-0.1, -0.05) is 6.07 Å². The van der Waals surface area contributed by atoms with E-state index >= 15 is 0 Å². The van der Waals surface area contributed by atoms with Gasteiger partial charge in [-0.05, 0) is 31.0 Å². The van der Waals surface area contributed by atoms with Crippen molar-refractivity contribution >= 4 is 5.97 Å². The highest BCUT2D eigenvalue weighted by atomic mass is 19.4. The summed E-state index contributed by atoms with van der Waals surface area (Å²) in [5.41, 5.74) is -0.677. The van der Waals surface area contributed by atoms with Crippen LogP contribution in [0.15, 0.2) is 18.2 Å². The molecule has 0 bridgehead atoms. The predicted octanol–water partition coefficient (Wildman–Crippen LogP) is 3.39. The van der Waals surface area contributed by atoms with Crippen molar-refractivity contribution in [1.29, 1.82) is 0 Å². The molecule has 20 heavy (non-hydrogen) atoms. The summed E-state index contributed by atoms with van der Waals surface area (Å²) >= 11 is 0. The summed E-state index contributed by atoms with van der Waals surface area (Å²) in [6, 6.07) is 3.60. The molecule has 0 spiro atoms. The molecule has 2 rings (SSSR count). The molecule has 1 saturated heterocycles. The zero-order valence-electron chi connectivity index (χ0n) is 11.0. The van der Waals surface area contributed by atoms with Gasteiger partial charge in [-0.15, -0.1) is 0 Å². The van der Waals surface area contributed by atoms with Crippen LogP contribution in [-0.2, 0) is 15.7 Å². The van der Waals surface area contributed by atoms with Crippen LogP contribution in [0.1, 0.15) is 40.7 Å². The Bertz CT molecular complexity index is 491. The first-order chi connectivity index (χ1) is 9.43. The number of carbonyl (C=O) groups is 1. The number of benzene rings is 1. The molecule has 1 fully saturated rings. The summed E-state index contributed by atoms with van der Waals surface area (Å²) in [7, 11) is 0. The third-order valence-corrected chi connectivity index (χ3v) is 3.24. The van der Waals surface area contributed by atoms with E-state index in [4.69, 9.17) is 9.47 Å². The molecule has 0 N–H and O–H groups in total. The molecule has 1 aliphatic heterocycles. The van der Waals surface area contributed by atoms with Gasteiger partial charge < -0.3 is 9.47 Å². The molecule has 1 unspecified atom stereocenters. The van der Waals surface area contributed by atoms with Crippen molar-refractivity contribution in [3.05, 3.63) is 34.9 Å². The van der Waals surface area contributed by atoms with Crippen LogP contribution in [0.5, 0.6) is 0 Å². The highest BCUT2D eigenvalue weighted by Crippen LogP contribution is 2.38. The molecule has 1 aliphatic rings. The van der Waals surface area contributed by atoms with Gasteiger partial charge in [0.25, 0.3) is 0 Å². The molecule has 1 aromatic rings. The monoisotopic (exact) mass is 288 g/mol. The molecule has 0 aromatic heterocycles. The maximum absolute atomic E-state index is 13.1. The van der Waals surface area contributed by atoms with Crippen molar-refractivity contribution in [2.45, 2.75) is 25.4 Å². The van der Waals surface area contributed by atoms with Crippen LogP contribution in [0.2, 0.25) is 0 Å². The lowest BCUT2D eigenvalue weighted by Crippen LogP contribution is -2.15. The highest BCUT2D eigenvalue weighted by molar-refractivity contribution is 5.89. The lowest BCUT2D eigenvalue weighted by molar-refractivity contribution is -0.138. The van der Waals surface area contributed by atoms with Gasteiger partial charge in [-0.2, -0.15) is 13.2 Å². The van der Waals surface area contributed by atoms with E-state index in [0.717, 1.165) is 6.07 Å². The third kappa shape index (κ3) is 3.12. The van der Waals surface area contributed by atoms with Crippen LogP contribution in [0.4, 0.5) is 13.2 Å². The van der Waals surface area contributed by atoms with Crippen molar-refractivity contribution in [2.24, 2.45) is 0 Å². The minimum absolute atomic E-state index is 0.0816. The Morgan fingerprint density at radius 3 is 2.75 bits per heavy atom. The van der Waals surface area contributed by atoms with Crippen LogP contribution in [-0.4, -0.2) is 25.8 Å². The standard InChI is InChI=1S/C14H15F3O3/c1-2-20-13(18)9-3-4-11(10-5-6-19-8-10)12(7-9)14(15,16)17/h3-4,7,10H,2,5-6,8H2,1H3. The lowest BCUT2D eigenvalue weighted by Gasteiger charge is -2.17. The fourth-order valence-corrected chi connectivity index (χ4v) is 2.28. The molecule has 6 heteroatoms. The van der Waals surface area contributed by atoms with Gasteiger partial charge in [0.15, 0.2) is 0 Å². The molecule has 0 amide bonds. The zero-order chi connectivity index (χ0) is 14.8. The number of alkyl halides is 3. The number of ether oxygens (including phenoxy) is 2. The molecule has 0 aliphatic carbocycles. The second-order valence-electron chi connectivity index (χ2n) is 4.58. The Labute approximate surface area is 114 Å². The lowest BCUT2D eigenvalue weighted by atomic mass is 9.92. The average Bonchev–Trinajstić information content (AvgIpc) is 2.91. The predicted molar refractivity (Wildman–Crippen MR) is 65.6 cm³/mol. The molecular formula is C14H15F3O3. The van der Waals surface area contributed by atoms with Crippen molar-refractivity contribution in [2.75, 3.05) is 19.8 Å².